The van der Waals surface area contributed by atoms with Crippen LogP contribution in [0.3, 0.4) is 0 Å². The van der Waals surface area contributed by atoms with Crippen molar-refractivity contribution in [2.75, 3.05) is 26.2 Å². The van der Waals surface area contributed by atoms with Gasteiger partial charge in [0.1, 0.15) is 0 Å². The molecule has 1 heterocycles. The van der Waals surface area contributed by atoms with Crippen LogP contribution < -0.4 is 5.73 Å². The normalized spacial score (nSPS) is 20.5. The summed E-state index contributed by atoms with van der Waals surface area (Å²) in [7, 11) is 0. The van der Waals surface area contributed by atoms with E-state index in [0.29, 0.717) is 6.54 Å². The predicted octanol–water partition coefficient (Wildman–Crippen LogP) is 0.214. The van der Waals surface area contributed by atoms with Crippen LogP contribution in [-0.2, 0) is 0 Å². The van der Waals surface area contributed by atoms with E-state index in [2.05, 4.69) is 4.90 Å². The van der Waals surface area contributed by atoms with Gasteiger partial charge in [0, 0.05) is 6.54 Å². The molecule has 0 aromatic heterocycles. The highest BCUT2D eigenvalue weighted by Crippen LogP contribution is 2.08. The molecule has 0 radical (unpaired) electrons. The summed E-state index contributed by atoms with van der Waals surface area (Å²) >= 11 is 0. The molecule has 1 fully saturated rings. The Morgan fingerprint density at radius 2 is 1.92 bits per heavy atom. The van der Waals surface area contributed by atoms with Gasteiger partial charge in [-0.25, -0.2) is 0 Å². The highest BCUT2D eigenvalue weighted by Gasteiger charge is 2.14. The van der Waals surface area contributed by atoms with Crippen LogP contribution in [0.25, 0.3) is 0 Å². The molecular weight excluding hydrogens is 176 g/mol. The van der Waals surface area contributed by atoms with E-state index in [1.54, 1.807) is 0 Å². The van der Waals surface area contributed by atoms with Gasteiger partial charge in [-0.15, -0.1) is 12.4 Å². The molecule has 74 valence electrons. The summed E-state index contributed by atoms with van der Waals surface area (Å²) < 4.78 is 0. The number of nitrogens with zero attached hydrogens (tertiary/aromatic N) is 1. The first-order valence-electron chi connectivity index (χ1n) is 4.43. The lowest BCUT2D eigenvalue weighted by Crippen LogP contribution is -2.31. The maximum Gasteiger partial charge on any atom is 0.0679 e. The van der Waals surface area contributed by atoms with Gasteiger partial charge in [0.2, 0.25) is 0 Å². The second-order valence-electron chi connectivity index (χ2n) is 3.24. The quantitative estimate of drug-likeness (QED) is 0.673. The van der Waals surface area contributed by atoms with Crippen LogP contribution in [0, 0.1) is 0 Å². The van der Waals surface area contributed by atoms with Gasteiger partial charge in [0.05, 0.1) is 6.10 Å². The van der Waals surface area contributed by atoms with Crippen LogP contribution >= 0.6 is 12.4 Å². The minimum absolute atomic E-state index is 0. The fourth-order valence-electron chi connectivity index (χ4n) is 1.55. The smallest absolute Gasteiger partial charge is 0.0679 e. The predicted molar refractivity (Wildman–Crippen MR) is 52.6 cm³/mol. The van der Waals surface area contributed by atoms with E-state index in [1.807, 2.05) is 0 Å². The van der Waals surface area contributed by atoms with E-state index >= 15 is 0 Å². The molecule has 0 aliphatic carbocycles. The lowest BCUT2D eigenvalue weighted by molar-refractivity contribution is 0.119. The molecule has 1 rings (SSSR count). The average molecular weight is 195 g/mol. The fourth-order valence-corrected chi connectivity index (χ4v) is 1.55. The summed E-state index contributed by atoms with van der Waals surface area (Å²) in [5, 5.41) is 9.39. The van der Waals surface area contributed by atoms with Crippen molar-refractivity contribution in [3.63, 3.8) is 0 Å². The van der Waals surface area contributed by atoms with E-state index in [1.165, 1.54) is 12.8 Å². The second kappa shape index (κ2) is 6.66. The van der Waals surface area contributed by atoms with Crippen LogP contribution in [0.15, 0.2) is 0 Å². The Morgan fingerprint density at radius 3 is 2.42 bits per heavy atom. The highest BCUT2D eigenvalue weighted by atomic mass is 35.5. The van der Waals surface area contributed by atoms with Gasteiger partial charge in [-0.05, 0) is 38.9 Å². The lowest BCUT2D eigenvalue weighted by atomic mass is 10.2. The number of rotatable bonds is 4. The average Bonchev–Trinajstić information content (AvgIpc) is 2.40. The summed E-state index contributed by atoms with van der Waals surface area (Å²) in [4.78, 5) is 2.31. The molecule has 3 nitrogen and oxygen atoms in total. The summed E-state index contributed by atoms with van der Waals surface area (Å²) in [5.74, 6) is 0. The SMILES string of the molecule is Cl.NCCC(O)CN1CCCC1. The summed E-state index contributed by atoms with van der Waals surface area (Å²) in [6.45, 7) is 3.72. The van der Waals surface area contributed by atoms with E-state index in [-0.39, 0.29) is 18.5 Å². The summed E-state index contributed by atoms with van der Waals surface area (Å²) in [6.07, 6.45) is 3.10. The molecule has 12 heavy (non-hydrogen) atoms. The Balaban J connectivity index is 0.00000121. The van der Waals surface area contributed by atoms with Gasteiger partial charge in [-0.2, -0.15) is 0 Å². The lowest BCUT2D eigenvalue weighted by Gasteiger charge is -2.18. The third kappa shape index (κ3) is 4.26. The molecule has 0 saturated carbocycles. The molecule has 1 aliphatic rings. The summed E-state index contributed by atoms with van der Waals surface area (Å²) in [5.41, 5.74) is 5.33. The molecule has 0 aromatic carbocycles. The molecule has 1 saturated heterocycles. The van der Waals surface area contributed by atoms with Crippen LogP contribution in [0.4, 0.5) is 0 Å². The molecule has 1 unspecified atom stereocenters. The standard InChI is InChI=1S/C8H18N2O.ClH/c9-4-3-8(11)7-10-5-1-2-6-10;/h8,11H,1-7,9H2;1H. The zero-order valence-electron chi connectivity index (χ0n) is 7.41. The molecule has 0 bridgehead atoms. The van der Waals surface area contributed by atoms with E-state index in [4.69, 9.17) is 5.73 Å². The van der Waals surface area contributed by atoms with Crippen molar-refractivity contribution >= 4 is 12.4 Å². The Hall–Kier alpha value is 0.170. The first-order valence-corrected chi connectivity index (χ1v) is 4.43. The van der Waals surface area contributed by atoms with E-state index in [9.17, 15) is 5.11 Å². The zero-order chi connectivity index (χ0) is 8.10. The van der Waals surface area contributed by atoms with Crippen LogP contribution in [0.2, 0.25) is 0 Å². The van der Waals surface area contributed by atoms with Crippen molar-refractivity contribution in [2.24, 2.45) is 5.73 Å². The third-order valence-corrected chi connectivity index (χ3v) is 2.17. The maximum atomic E-state index is 9.39. The van der Waals surface area contributed by atoms with Gasteiger partial charge in [0.15, 0.2) is 0 Å². The monoisotopic (exact) mass is 194 g/mol. The van der Waals surface area contributed by atoms with Crippen LogP contribution in [0.5, 0.6) is 0 Å². The highest BCUT2D eigenvalue weighted by molar-refractivity contribution is 5.85. The van der Waals surface area contributed by atoms with E-state index < -0.39 is 0 Å². The second-order valence-corrected chi connectivity index (χ2v) is 3.24. The topological polar surface area (TPSA) is 49.5 Å². The number of aliphatic hydroxyl groups is 1. The van der Waals surface area contributed by atoms with Gasteiger partial charge < -0.3 is 15.7 Å². The van der Waals surface area contributed by atoms with Crippen molar-refractivity contribution in [2.45, 2.75) is 25.4 Å². The van der Waals surface area contributed by atoms with Crippen molar-refractivity contribution in [3.05, 3.63) is 0 Å². The molecule has 4 heteroatoms. The first kappa shape index (κ1) is 12.2. The number of β-amino-alcohol motifs (C(OH)–C–C–N with tert-alkyl or cyclic N) is 1. The van der Waals surface area contributed by atoms with Crippen molar-refractivity contribution in [1.82, 2.24) is 4.90 Å². The number of hydrogen-bond donors (Lipinski definition) is 2. The maximum absolute atomic E-state index is 9.39. The Labute approximate surface area is 80.3 Å². The number of hydrogen-bond acceptors (Lipinski definition) is 3. The van der Waals surface area contributed by atoms with Crippen molar-refractivity contribution < 1.29 is 5.11 Å². The molecule has 1 aliphatic heterocycles. The van der Waals surface area contributed by atoms with Crippen LogP contribution in [-0.4, -0.2) is 42.3 Å². The molecule has 0 aromatic rings. The Morgan fingerprint density at radius 1 is 1.33 bits per heavy atom. The minimum Gasteiger partial charge on any atom is -0.392 e. The van der Waals surface area contributed by atoms with Gasteiger partial charge >= 0.3 is 0 Å². The molecule has 3 N–H and O–H groups in total. The van der Waals surface area contributed by atoms with Gasteiger partial charge in [-0.3, -0.25) is 0 Å². The largest absolute Gasteiger partial charge is 0.392 e. The Bertz CT molecular complexity index is 107. The molecule has 0 amide bonds. The molecule has 0 spiro atoms. The van der Waals surface area contributed by atoms with Gasteiger partial charge in [-0.1, -0.05) is 0 Å². The van der Waals surface area contributed by atoms with Crippen molar-refractivity contribution in [1.29, 1.82) is 0 Å². The van der Waals surface area contributed by atoms with E-state index in [0.717, 1.165) is 26.1 Å². The zero-order valence-corrected chi connectivity index (χ0v) is 8.22. The molecular formula is C8H19ClN2O. The Kier molecular flexibility index (Phi) is 6.76. The third-order valence-electron chi connectivity index (χ3n) is 2.17. The van der Waals surface area contributed by atoms with Gasteiger partial charge in [0.25, 0.3) is 0 Å². The molecule has 1 atom stereocenters. The number of aliphatic hydroxyl groups excluding tert-OH is 1. The minimum atomic E-state index is -0.210. The first-order chi connectivity index (χ1) is 5.33. The van der Waals surface area contributed by atoms with Crippen molar-refractivity contribution in [3.8, 4) is 0 Å². The number of halogens is 1. The fraction of sp³-hybridized carbons (Fsp3) is 1.00. The number of likely N-dealkylation sites (tertiary alicyclic amines) is 1. The van der Waals surface area contributed by atoms with Crippen LogP contribution in [0.1, 0.15) is 19.3 Å². The summed E-state index contributed by atoms with van der Waals surface area (Å²) in [6, 6.07) is 0. The number of nitrogens with two attached hydrogens (primary N) is 1.